The molecule has 0 spiro atoms. The van der Waals surface area contributed by atoms with Gasteiger partial charge in [0.25, 0.3) is 0 Å². The SMILES string of the molecule is Clc1ccc(-c2cnc([C@@H]3COCCN3CC3CC3)[nH]2)s1. The number of H-pyrrole nitrogens is 1. The number of morpholine rings is 1. The first-order chi connectivity index (χ1) is 10.3. The summed E-state index contributed by atoms with van der Waals surface area (Å²) in [7, 11) is 0. The van der Waals surface area contributed by atoms with Gasteiger partial charge in [0.15, 0.2) is 0 Å². The van der Waals surface area contributed by atoms with Crippen LogP contribution in [0.4, 0.5) is 0 Å². The van der Waals surface area contributed by atoms with E-state index in [1.54, 1.807) is 11.3 Å². The van der Waals surface area contributed by atoms with Crippen molar-refractivity contribution >= 4 is 22.9 Å². The Morgan fingerprint density at radius 3 is 3.10 bits per heavy atom. The van der Waals surface area contributed by atoms with Gasteiger partial charge >= 0.3 is 0 Å². The Hall–Kier alpha value is -0.880. The Morgan fingerprint density at radius 2 is 2.33 bits per heavy atom. The molecule has 6 heteroatoms. The summed E-state index contributed by atoms with van der Waals surface area (Å²) in [6.45, 7) is 3.74. The predicted octanol–water partition coefficient (Wildman–Crippen LogP) is 3.57. The zero-order chi connectivity index (χ0) is 14.2. The van der Waals surface area contributed by atoms with Crippen molar-refractivity contribution in [3.05, 3.63) is 28.5 Å². The highest BCUT2D eigenvalue weighted by Crippen LogP contribution is 2.34. The molecule has 1 atom stereocenters. The molecule has 2 aliphatic rings. The van der Waals surface area contributed by atoms with Crippen molar-refractivity contribution in [3.8, 4) is 10.6 Å². The van der Waals surface area contributed by atoms with Gasteiger partial charge in [-0.15, -0.1) is 11.3 Å². The molecule has 3 heterocycles. The molecular formula is C15H18ClN3OS. The molecule has 1 saturated heterocycles. The summed E-state index contributed by atoms with van der Waals surface area (Å²) < 4.78 is 6.47. The lowest BCUT2D eigenvalue weighted by atomic mass is 10.2. The zero-order valence-electron chi connectivity index (χ0n) is 11.7. The summed E-state index contributed by atoms with van der Waals surface area (Å²) in [5.41, 5.74) is 1.04. The molecule has 0 bridgehead atoms. The minimum atomic E-state index is 0.253. The predicted molar refractivity (Wildman–Crippen MR) is 84.8 cm³/mol. The van der Waals surface area contributed by atoms with Crippen LogP contribution in [-0.4, -0.2) is 41.2 Å². The molecule has 4 rings (SSSR count). The molecule has 2 fully saturated rings. The molecule has 2 aromatic rings. The van der Waals surface area contributed by atoms with Gasteiger partial charge in [-0.25, -0.2) is 4.98 Å². The lowest BCUT2D eigenvalue weighted by Gasteiger charge is -2.34. The smallest absolute Gasteiger partial charge is 0.126 e. The second kappa shape index (κ2) is 5.72. The first kappa shape index (κ1) is 13.8. The van der Waals surface area contributed by atoms with Crippen LogP contribution in [0.1, 0.15) is 24.7 Å². The summed E-state index contributed by atoms with van der Waals surface area (Å²) in [5, 5.41) is 0. The van der Waals surface area contributed by atoms with Gasteiger partial charge in [0.05, 0.1) is 40.4 Å². The fourth-order valence-corrected chi connectivity index (χ4v) is 3.84. The summed E-state index contributed by atoms with van der Waals surface area (Å²) in [6.07, 6.45) is 4.66. The molecular weight excluding hydrogens is 306 g/mol. The van der Waals surface area contributed by atoms with Crippen molar-refractivity contribution in [2.75, 3.05) is 26.3 Å². The van der Waals surface area contributed by atoms with E-state index in [2.05, 4.69) is 14.9 Å². The Bertz CT molecular complexity index is 622. The second-order valence-corrected chi connectivity index (χ2v) is 7.53. The fraction of sp³-hybridized carbons (Fsp3) is 0.533. The van der Waals surface area contributed by atoms with Crippen LogP contribution < -0.4 is 0 Å². The maximum atomic E-state index is 6.01. The third-order valence-electron chi connectivity index (χ3n) is 4.18. The van der Waals surface area contributed by atoms with E-state index in [1.807, 2.05) is 18.3 Å². The molecule has 0 unspecified atom stereocenters. The Balaban J connectivity index is 1.55. The van der Waals surface area contributed by atoms with Crippen LogP contribution in [0.25, 0.3) is 10.6 Å². The third kappa shape index (κ3) is 3.01. The number of rotatable bonds is 4. The molecule has 1 aliphatic carbocycles. The highest BCUT2D eigenvalue weighted by Gasteiger charge is 2.32. The number of ether oxygens (including phenoxy) is 1. The van der Waals surface area contributed by atoms with Crippen LogP contribution in [0.2, 0.25) is 4.34 Å². The Kier molecular flexibility index (Phi) is 3.75. The van der Waals surface area contributed by atoms with Crippen molar-refractivity contribution in [2.24, 2.45) is 5.92 Å². The monoisotopic (exact) mass is 323 g/mol. The second-order valence-electron chi connectivity index (χ2n) is 5.81. The highest BCUT2D eigenvalue weighted by atomic mass is 35.5. The molecule has 0 amide bonds. The normalized spacial score (nSPS) is 23.6. The number of halogens is 1. The van der Waals surface area contributed by atoms with Crippen molar-refractivity contribution in [2.45, 2.75) is 18.9 Å². The number of hydrogen-bond donors (Lipinski definition) is 1. The molecule has 2 aromatic heterocycles. The molecule has 4 nitrogen and oxygen atoms in total. The number of aromatic nitrogens is 2. The highest BCUT2D eigenvalue weighted by molar-refractivity contribution is 7.19. The van der Waals surface area contributed by atoms with Crippen molar-refractivity contribution in [1.82, 2.24) is 14.9 Å². The molecule has 112 valence electrons. The fourth-order valence-electron chi connectivity index (χ4n) is 2.83. The van der Waals surface area contributed by atoms with Crippen LogP contribution in [0.5, 0.6) is 0 Å². The topological polar surface area (TPSA) is 41.1 Å². The van der Waals surface area contributed by atoms with Gasteiger partial charge in [0.2, 0.25) is 0 Å². The van der Waals surface area contributed by atoms with E-state index in [0.717, 1.165) is 46.4 Å². The van der Waals surface area contributed by atoms with E-state index in [1.165, 1.54) is 19.4 Å². The average Bonchev–Trinajstić information content (AvgIpc) is 3.01. The maximum absolute atomic E-state index is 6.01. The molecule has 1 saturated carbocycles. The van der Waals surface area contributed by atoms with Crippen LogP contribution in [0.15, 0.2) is 18.3 Å². The third-order valence-corrected chi connectivity index (χ3v) is 5.44. The summed E-state index contributed by atoms with van der Waals surface area (Å²) in [6, 6.07) is 4.21. The van der Waals surface area contributed by atoms with E-state index < -0.39 is 0 Å². The molecule has 1 aliphatic heterocycles. The van der Waals surface area contributed by atoms with Crippen LogP contribution >= 0.6 is 22.9 Å². The molecule has 21 heavy (non-hydrogen) atoms. The van der Waals surface area contributed by atoms with Crippen LogP contribution in [0.3, 0.4) is 0 Å². The largest absolute Gasteiger partial charge is 0.378 e. The molecule has 0 aromatic carbocycles. The Labute approximate surface area is 133 Å². The number of nitrogens with one attached hydrogen (secondary N) is 1. The summed E-state index contributed by atoms with van der Waals surface area (Å²) in [5.74, 6) is 1.89. The Morgan fingerprint density at radius 1 is 1.43 bits per heavy atom. The number of thiophene rings is 1. The minimum Gasteiger partial charge on any atom is -0.378 e. The number of hydrogen-bond acceptors (Lipinski definition) is 4. The molecule has 1 N–H and O–H groups in total. The molecule has 0 radical (unpaired) electrons. The van der Waals surface area contributed by atoms with E-state index in [9.17, 15) is 0 Å². The van der Waals surface area contributed by atoms with Crippen molar-refractivity contribution in [3.63, 3.8) is 0 Å². The van der Waals surface area contributed by atoms with E-state index in [4.69, 9.17) is 16.3 Å². The van der Waals surface area contributed by atoms with Gasteiger partial charge in [-0.1, -0.05) is 11.6 Å². The standard InChI is InChI=1S/C15H18ClN3OS/c16-14-4-3-13(21-14)11-7-17-15(18-11)12-9-20-6-5-19(12)8-10-1-2-10/h3-4,7,10,12H,1-2,5-6,8-9H2,(H,17,18)/t12-/m0/s1. The van der Waals surface area contributed by atoms with Gasteiger partial charge in [0, 0.05) is 13.1 Å². The van der Waals surface area contributed by atoms with Gasteiger partial charge in [-0.05, 0) is 30.9 Å². The van der Waals surface area contributed by atoms with Gasteiger partial charge in [0.1, 0.15) is 5.82 Å². The quantitative estimate of drug-likeness (QED) is 0.935. The lowest BCUT2D eigenvalue weighted by molar-refractivity contribution is -0.0134. The van der Waals surface area contributed by atoms with E-state index in [0.29, 0.717) is 0 Å². The summed E-state index contributed by atoms with van der Waals surface area (Å²) >= 11 is 7.58. The van der Waals surface area contributed by atoms with Crippen molar-refractivity contribution < 1.29 is 4.74 Å². The number of aromatic amines is 1. The van der Waals surface area contributed by atoms with Gasteiger partial charge in [-0.3, -0.25) is 4.90 Å². The van der Waals surface area contributed by atoms with Crippen molar-refractivity contribution in [1.29, 1.82) is 0 Å². The van der Waals surface area contributed by atoms with Crippen LogP contribution in [0, 0.1) is 5.92 Å². The summed E-state index contributed by atoms with van der Waals surface area (Å²) in [4.78, 5) is 11.7. The first-order valence-electron chi connectivity index (χ1n) is 7.42. The minimum absolute atomic E-state index is 0.253. The maximum Gasteiger partial charge on any atom is 0.126 e. The lowest BCUT2D eigenvalue weighted by Crippen LogP contribution is -2.41. The van der Waals surface area contributed by atoms with E-state index >= 15 is 0 Å². The number of nitrogens with zero attached hydrogens (tertiary/aromatic N) is 2. The number of imidazole rings is 1. The first-order valence-corrected chi connectivity index (χ1v) is 8.61. The van der Waals surface area contributed by atoms with Crippen LogP contribution in [-0.2, 0) is 4.74 Å². The van der Waals surface area contributed by atoms with Gasteiger partial charge in [-0.2, -0.15) is 0 Å². The van der Waals surface area contributed by atoms with E-state index in [-0.39, 0.29) is 6.04 Å². The average molecular weight is 324 g/mol. The van der Waals surface area contributed by atoms with Gasteiger partial charge < -0.3 is 9.72 Å². The zero-order valence-corrected chi connectivity index (χ0v) is 13.3.